The first-order valence-corrected chi connectivity index (χ1v) is 13.8. The summed E-state index contributed by atoms with van der Waals surface area (Å²) >= 11 is 1.83. The molecule has 2 aliphatic rings. The number of benzene rings is 2. The molecule has 2 aromatic carbocycles. The zero-order chi connectivity index (χ0) is 23.9. The van der Waals surface area contributed by atoms with E-state index >= 15 is 0 Å². The molecule has 0 unspecified atom stereocenters. The fraction of sp³-hybridized carbons (Fsp3) is 0.500. The lowest BCUT2D eigenvalue weighted by molar-refractivity contribution is 0.355. The summed E-state index contributed by atoms with van der Waals surface area (Å²) in [5.74, 6) is 0. The van der Waals surface area contributed by atoms with Gasteiger partial charge in [0.1, 0.15) is 0 Å². The summed E-state index contributed by atoms with van der Waals surface area (Å²) < 4.78 is 27.8. The topological polar surface area (TPSA) is 59.1 Å². The van der Waals surface area contributed by atoms with Gasteiger partial charge in [-0.25, -0.2) is 0 Å². The molecule has 0 radical (unpaired) electrons. The van der Waals surface area contributed by atoms with Gasteiger partial charge in [0.25, 0.3) is 10.2 Å². The number of nitrogens with zero attached hydrogens (tertiary/aromatic N) is 4. The molecular weight excluding hydrogens is 454 g/mol. The Labute approximate surface area is 202 Å². The maximum Gasteiger partial charge on any atom is 0.281 e. The van der Waals surface area contributed by atoms with Gasteiger partial charge in [0.15, 0.2) is 0 Å². The van der Waals surface area contributed by atoms with Crippen LogP contribution in [0.5, 0.6) is 0 Å². The smallest absolute Gasteiger partial charge is 0.281 e. The standard InChI is InChI=1S/C24H35N5O2S2/c1-7-17-13-19(26(3)4)15-21-23(17)25-24-18(8-2)14-20(16-22(24)32-21)28-9-11-29(12-10-28)33(30,31)27(5)6/h13-16,25H,7-12H2,1-6H3. The molecule has 2 aromatic rings. The van der Waals surface area contributed by atoms with Crippen LogP contribution in [-0.4, -0.2) is 71.4 Å². The molecule has 7 nitrogen and oxygen atoms in total. The first kappa shape index (κ1) is 24.2. The molecule has 2 aliphatic heterocycles. The Morgan fingerprint density at radius 2 is 1.45 bits per heavy atom. The predicted molar refractivity (Wildman–Crippen MR) is 140 cm³/mol. The number of hydrogen-bond acceptors (Lipinski definition) is 6. The largest absolute Gasteiger partial charge is 0.378 e. The molecule has 0 amide bonds. The lowest BCUT2D eigenvalue weighted by atomic mass is 10.0. The molecule has 2 heterocycles. The summed E-state index contributed by atoms with van der Waals surface area (Å²) in [4.78, 5) is 6.96. The van der Waals surface area contributed by atoms with Crippen LogP contribution < -0.4 is 15.1 Å². The number of nitrogens with one attached hydrogen (secondary N) is 1. The summed E-state index contributed by atoms with van der Waals surface area (Å²) in [5, 5.41) is 3.76. The first-order valence-electron chi connectivity index (χ1n) is 11.5. The Kier molecular flexibility index (Phi) is 6.87. The Morgan fingerprint density at radius 3 is 2.00 bits per heavy atom. The predicted octanol–water partition coefficient (Wildman–Crippen LogP) is 4.01. The zero-order valence-electron chi connectivity index (χ0n) is 20.5. The van der Waals surface area contributed by atoms with Gasteiger partial charge in [-0.2, -0.15) is 17.0 Å². The molecule has 0 aliphatic carbocycles. The first-order chi connectivity index (χ1) is 15.6. The molecule has 180 valence electrons. The molecule has 0 bridgehead atoms. The molecule has 33 heavy (non-hydrogen) atoms. The van der Waals surface area contributed by atoms with Crippen LogP contribution in [0.25, 0.3) is 0 Å². The minimum absolute atomic E-state index is 0.499. The zero-order valence-corrected chi connectivity index (χ0v) is 22.1. The highest BCUT2D eigenvalue weighted by atomic mass is 32.2. The van der Waals surface area contributed by atoms with E-state index in [1.54, 1.807) is 18.4 Å². The van der Waals surface area contributed by atoms with Gasteiger partial charge in [-0.15, -0.1) is 0 Å². The summed E-state index contributed by atoms with van der Waals surface area (Å²) in [6.45, 7) is 6.78. The van der Waals surface area contributed by atoms with E-state index < -0.39 is 10.2 Å². The Bertz CT molecular complexity index is 1140. The van der Waals surface area contributed by atoms with E-state index in [1.165, 1.54) is 48.0 Å². The lowest BCUT2D eigenvalue weighted by Crippen LogP contribution is -2.51. The van der Waals surface area contributed by atoms with E-state index in [2.05, 4.69) is 67.3 Å². The fourth-order valence-electron chi connectivity index (χ4n) is 4.41. The van der Waals surface area contributed by atoms with Crippen LogP contribution in [0, 0.1) is 0 Å². The maximum absolute atomic E-state index is 12.5. The van der Waals surface area contributed by atoms with Crippen LogP contribution in [0.2, 0.25) is 0 Å². The van der Waals surface area contributed by atoms with Gasteiger partial charge in [0.05, 0.1) is 11.4 Å². The van der Waals surface area contributed by atoms with Crippen LogP contribution in [0.15, 0.2) is 34.1 Å². The molecule has 4 rings (SSSR count). The molecule has 1 N–H and O–H groups in total. The van der Waals surface area contributed by atoms with Crippen molar-refractivity contribution in [1.29, 1.82) is 0 Å². The molecule has 0 aromatic heterocycles. The van der Waals surface area contributed by atoms with E-state index in [1.807, 2.05) is 11.8 Å². The number of piperazine rings is 1. The second-order valence-corrected chi connectivity index (χ2v) is 12.2. The minimum atomic E-state index is -3.36. The van der Waals surface area contributed by atoms with Crippen LogP contribution in [0.4, 0.5) is 22.7 Å². The average molecular weight is 490 g/mol. The van der Waals surface area contributed by atoms with Crippen molar-refractivity contribution in [3.8, 4) is 0 Å². The fourth-order valence-corrected chi connectivity index (χ4v) is 6.66. The molecular formula is C24H35N5O2S2. The van der Waals surface area contributed by atoms with Gasteiger partial charge in [0, 0.05) is 75.5 Å². The van der Waals surface area contributed by atoms with E-state index in [9.17, 15) is 8.42 Å². The summed E-state index contributed by atoms with van der Waals surface area (Å²) in [5.41, 5.74) is 7.45. The van der Waals surface area contributed by atoms with Gasteiger partial charge in [-0.05, 0) is 48.2 Å². The third-order valence-electron chi connectivity index (χ3n) is 6.48. The van der Waals surface area contributed by atoms with Crippen molar-refractivity contribution in [1.82, 2.24) is 8.61 Å². The highest BCUT2D eigenvalue weighted by molar-refractivity contribution is 7.99. The van der Waals surface area contributed by atoms with Crippen molar-refractivity contribution in [2.45, 2.75) is 36.5 Å². The van der Waals surface area contributed by atoms with Crippen LogP contribution in [0.1, 0.15) is 25.0 Å². The van der Waals surface area contributed by atoms with Gasteiger partial charge in [-0.1, -0.05) is 25.6 Å². The second-order valence-electron chi connectivity index (χ2n) is 8.96. The quantitative estimate of drug-likeness (QED) is 0.565. The third-order valence-corrected chi connectivity index (χ3v) is 9.50. The van der Waals surface area contributed by atoms with Crippen LogP contribution in [0.3, 0.4) is 0 Å². The van der Waals surface area contributed by atoms with Crippen molar-refractivity contribution in [3.63, 3.8) is 0 Å². The minimum Gasteiger partial charge on any atom is -0.378 e. The highest BCUT2D eigenvalue weighted by Gasteiger charge is 2.30. The Hall–Kier alpha value is -1.94. The van der Waals surface area contributed by atoms with E-state index in [4.69, 9.17) is 0 Å². The molecule has 0 spiro atoms. The van der Waals surface area contributed by atoms with Gasteiger partial charge in [0.2, 0.25) is 0 Å². The van der Waals surface area contributed by atoms with E-state index in [0.717, 1.165) is 12.8 Å². The van der Waals surface area contributed by atoms with Gasteiger partial charge >= 0.3 is 0 Å². The van der Waals surface area contributed by atoms with Crippen molar-refractivity contribution >= 4 is 44.7 Å². The lowest BCUT2D eigenvalue weighted by Gasteiger charge is -2.37. The number of hydrogen-bond donors (Lipinski definition) is 1. The molecule has 1 fully saturated rings. The number of fused-ring (bicyclic) bond motifs is 2. The Balaban J connectivity index is 1.63. The SMILES string of the molecule is CCc1cc(N(C)C)cc2c1Nc1c(CC)cc(N3CCN(S(=O)(=O)N(C)C)CC3)cc1S2. The molecule has 1 saturated heterocycles. The van der Waals surface area contributed by atoms with Crippen molar-refractivity contribution in [2.24, 2.45) is 0 Å². The molecule has 9 heteroatoms. The van der Waals surface area contributed by atoms with E-state index in [0.29, 0.717) is 26.2 Å². The number of anilines is 4. The van der Waals surface area contributed by atoms with Crippen molar-refractivity contribution < 1.29 is 8.42 Å². The van der Waals surface area contributed by atoms with Crippen LogP contribution >= 0.6 is 11.8 Å². The van der Waals surface area contributed by atoms with Crippen molar-refractivity contribution in [2.75, 3.05) is 69.5 Å². The summed E-state index contributed by atoms with van der Waals surface area (Å²) in [6.07, 6.45) is 1.91. The highest BCUT2D eigenvalue weighted by Crippen LogP contribution is 2.49. The second kappa shape index (κ2) is 9.37. The molecule has 0 atom stereocenters. The van der Waals surface area contributed by atoms with Gasteiger partial charge < -0.3 is 15.1 Å². The summed E-state index contributed by atoms with van der Waals surface area (Å²) in [6, 6.07) is 9.07. The summed E-state index contributed by atoms with van der Waals surface area (Å²) in [7, 11) is 3.98. The average Bonchev–Trinajstić information content (AvgIpc) is 2.81. The van der Waals surface area contributed by atoms with Gasteiger partial charge in [-0.3, -0.25) is 0 Å². The molecule has 0 saturated carbocycles. The number of aryl methyl sites for hydroxylation is 2. The number of rotatable bonds is 6. The maximum atomic E-state index is 12.5. The third kappa shape index (κ3) is 4.56. The van der Waals surface area contributed by atoms with E-state index in [-0.39, 0.29) is 0 Å². The van der Waals surface area contributed by atoms with Crippen LogP contribution in [-0.2, 0) is 23.1 Å². The monoisotopic (exact) mass is 489 g/mol. The Morgan fingerprint density at radius 1 is 0.879 bits per heavy atom. The van der Waals surface area contributed by atoms with Crippen molar-refractivity contribution in [3.05, 3.63) is 35.4 Å². The normalized spacial score (nSPS) is 16.4.